The standard InChI is InChI=1S/2C23H21Cl2N5O2.C14H8Cl3N5/c2*1-13-9-15(5-6-23(13)31-7-8-32-23)20-12-27-21-19(11-26)29-30(22(21)28-20)14(2)17-4-3-16(24)10-18(17)25;1-7(9-3-2-8(15)4-10(9)16)22-14-13(11(5-18)21-22)19-6-12(17)20-14/h3-4,9-10,12-14H,5-8H2,1-2H3;3-5,10,12-14H,6-9H2,1-2H3;2-4,6-7H,1H3/t2*13?,14-;7-/m111/s1. The fraction of sp³-hybridized carbons (Fsp3) is 0.333. The summed E-state index contributed by atoms with van der Waals surface area (Å²) in [6.45, 7) is 12.5. The highest BCUT2D eigenvalue weighted by molar-refractivity contribution is 6.36. The van der Waals surface area contributed by atoms with Gasteiger partial charge in [-0.3, -0.25) is 0 Å². The van der Waals surface area contributed by atoms with E-state index in [1.54, 1.807) is 62.8 Å². The van der Waals surface area contributed by atoms with Crippen LogP contribution in [0, 0.1) is 45.8 Å². The summed E-state index contributed by atoms with van der Waals surface area (Å²) in [4.78, 5) is 27.2. The molecule has 2 saturated heterocycles. The number of nitrogens with zero attached hydrogens (tertiary/aromatic N) is 15. The molecule has 438 valence electrons. The Labute approximate surface area is 528 Å². The number of halogens is 7. The lowest BCUT2D eigenvalue weighted by Crippen LogP contribution is -2.39. The molecule has 5 atom stereocenters. The quantitative estimate of drug-likeness (QED) is 0.137. The summed E-state index contributed by atoms with van der Waals surface area (Å²) >= 11 is 43.1. The molecule has 2 unspecified atom stereocenters. The molecule has 19 nitrogen and oxygen atoms in total. The normalized spacial score (nSPS) is 18.8. The Bertz CT molecular complexity index is 4310. The smallest absolute Gasteiger partial charge is 0.190 e. The van der Waals surface area contributed by atoms with Crippen molar-refractivity contribution in [1.29, 1.82) is 15.8 Å². The zero-order valence-electron chi connectivity index (χ0n) is 46.6. The van der Waals surface area contributed by atoms with E-state index in [2.05, 4.69) is 73.4 Å². The van der Waals surface area contributed by atoms with Crippen molar-refractivity contribution in [2.24, 2.45) is 11.8 Å². The first-order valence-electron chi connectivity index (χ1n) is 27.3. The fourth-order valence-electron chi connectivity index (χ4n) is 11.2. The van der Waals surface area contributed by atoms with Gasteiger partial charge in [-0.2, -0.15) is 31.1 Å². The van der Waals surface area contributed by atoms with Gasteiger partial charge < -0.3 is 18.9 Å². The molecule has 0 amide bonds. The molecule has 6 aromatic heterocycles. The minimum Gasteiger partial charge on any atom is -0.347 e. The molecule has 2 fully saturated rings. The summed E-state index contributed by atoms with van der Waals surface area (Å²) < 4.78 is 28.6. The van der Waals surface area contributed by atoms with Crippen LogP contribution in [0.2, 0.25) is 35.3 Å². The third-order valence-corrected chi connectivity index (χ3v) is 17.7. The second kappa shape index (κ2) is 25.1. The van der Waals surface area contributed by atoms with E-state index in [0.717, 1.165) is 58.5 Å². The van der Waals surface area contributed by atoms with Gasteiger partial charge in [0.15, 0.2) is 45.6 Å². The van der Waals surface area contributed by atoms with Crippen LogP contribution in [0.4, 0.5) is 0 Å². The molecule has 2 aliphatic carbocycles. The molecule has 4 aliphatic rings. The first-order chi connectivity index (χ1) is 41.3. The molecule has 86 heavy (non-hydrogen) atoms. The largest absolute Gasteiger partial charge is 0.347 e. The number of benzene rings is 3. The number of hydrogen-bond donors (Lipinski definition) is 0. The first-order valence-corrected chi connectivity index (χ1v) is 29.9. The second-order valence-corrected chi connectivity index (χ2v) is 23.9. The van der Waals surface area contributed by atoms with Gasteiger partial charge in [-0.05, 0) is 97.8 Å². The van der Waals surface area contributed by atoms with Gasteiger partial charge in [0.25, 0.3) is 0 Å². The third kappa shape index (κ3) is 11.7. The zero-order valence-corrected chi connectivity index (χ0v) is 51.9. The maximum Gasteiger partial charge on any atom is 0.190 e. The van der Waals surface area contributed by atoms with Crippen LogP contribution in [0.1, 0.15) is 124 Å². The molecule has 13 rings (SSSR count). The van der Waals surface area contributed by atoms with Gasteiger partial charge >= 0.3 is 0 Å². The molecular weight excluding hydrogens is 1240 g/mol. The van der Waals surface area contributed by atoms with E-state index in [0.29, 0.717) is 96.5 Å². The first kappa shape index (κ1) is 60.8. The molecule has 3 aromatic carbocycles. The highest BCUT2D eigenvalue weighted by Crippen LogP contribution is 2.44. The third-order valence-electron chi connectivity index (χ3n) is 15.8. The summed E-state index contributed by atoms with van der Waals surface area (Å²) in [6.07, 6.45) is 12.0. The molecule has 9 aromatic rings. The van der Waals surface area contributed by atoms with Crippen LogP contribution in [0.3, 0.4) is 0 Å². The van der Waals surface area contributed by atoms with E-state index >= 15 is 0 Å². The summed E-state index contributed by atoms with van der Waals surface area (Å²) in [5.74, 6) is -0.778. The van der Waals surface area contributed by atoms with Gasteiger partial charge in [-0.25, -0.2) is 43.9 Å². The van der Waals surface area contributed by atoms with Crippen LogP contribution in [0.25, 0.3) is 44.6 Å². The van der Waals surface area contributed by atoms with Crippen molar-refractivity contribution in [3.8, 4) is 18.2 Å². The summed E-state index contributed by atoms with van der Waals surface area (Å²) in [7, 11) is 0. The molecular formula is C60H50Cl7N15O4. The van der Waals surface area contributed by atoms with E-state index < -0.39 is 11.6 Å². The van der Waals surface area contributed by atoms with E-state index in [-0.39, 0.29) is 52.2 Å². The molecule has 2 aliphatic heterocycles. The minimum absolute atomic E-state index is 0.0950. The topological polar surface area (TPSA) is 239 Å². The highest BCUT2D eigenvalue weighted by atomic mass is 35.5. The van der Waals surface area contributed by atoms with Crippen molar-refractivity contribution in [1.82, 2.24) is 59.2 Å². The van der Waals surface area contributed by atoms with Crippen LogP contribution in [0.15, 0.2) is 85.3 Å². The Morgan fingerprint density at radius 2 is 0.930 bits per heavy atom. The second-order valence-electron chi connectivity index (χ2n) is 21.0. The molecule has 0 N–H and O–H groups in total. The number of hydrogen-bond acceptors (Lipinski definition) is 16. The molecule has 0 radical (unpaired) electrons. The number of allylic oxidation sites excluding steroid dienone is 2. The molecule has 26 heteroatoms. The van der Waals surface area contributed by atoms with E-state index in [1.165, 1.54) is 6.20 Å². The van der Waals surface area contributed by atoms with Crippen molar-refractivity contribution >= 4 is 126 Å². The van der Waals surface area contributed by atoms with E-state index in [1.807, 2.05) is 45.0 Å². The van der Waals surface area contributed by atoms with Gasteiger partial charge in [0.2, 0.25) is 0 Å². The van der Waals surface area contributed by atoms with Gasteiger partial charge in [-0.15, -0.1) is 0 Å². The Hall–Kier alpha value is -6.87. The van der Waals surface area contributed by atoms with Crippen LogP contribution in [-0.4, -0.2) is 97.2 Å². The zero-order chi connectivity index (χ0) is 60.8. The number of nitriles is 3. The number of ether oxygens (including phenoxy) is 4. The van der Waals surface area contributed by atoms with Gasteiger partial charge in [0.05, 0.1) is 74.5 Å². The highest BCUT2D eigenvalue weighted by Gasteiger charge is 2.45. The summed E-state index contributed by atoms with van der Waals surface area (Å²) in [5.41, 5.74) is 9.68. The van der Waals surface area contributed by atoms with Gasteiger partial charge in [-0.1, -0.05) is 125 Å². The molecule has 0 bridgehead atoms. The van der Waals surface area contributed by atoms with Crippen molar-refractivity contribution in [2.45, 2.75) is 90.0 Å². The molecule has 2 spiro atoms. The van der Waals surface area contributed by atoms with E-state index in [4.69, 9.17) is 110 Å². The molecule has 0 saturated carbocycles. The van der Waals surface area contributed by atoms with Crippen molar-refractivity contribution in [3.63, 3.8) is 0 Å². The Kier molecular flexibility index (Phi) is 17.7. The predicted molar refractivity (Wildman–Crippen MR) is 328 cm³/mol. The maximum absolute atomic E-state index is 9.59. The fourth-order valence-corrected chi connectivity index (χ4v) is 13.1. The Balaban J connectivity index is 0.000000137. The van der Waals surface area contributed by atoms with Crippen LogP contribution < -0.4 is 0 Å². The number of rotatable bonds is 8. The van der Waals surface area contributed by atoms with E-state index in [9.17, 15) is 15.8 Å². The Morgan fingerprint density at radius 1 is 0.535 bits per heavy atom. The average Bonchev–Trinajstić information content (AvgIpc) is 2.07. The van der Waals surface area contributed by atoms with Gasteiger partial charge in [0, 0.05) is 54.8 Å². The maximum atomic E-state index is 9.59. The number of fused-ring (bicyclic) bond motifs is 3. The lowest BCUT2D eigenvalue weighted by molar-refractivity contribution is -0.190. The van der Waals surface area contributed by atoms with Gasteiger partial charge in [0.1, 0.15) is 39.9 Å². The lowest BCUT2D eigenvalue weighted by Gasteiger charge is -2.36. The van der Waals surface area contributed by atoms with Crippen molar-refractivity contribution in [2.75, 3.05) is 26.4 Å². The lowest BCUT2D eigenvalue weighted by atomic mass is 9.83. The SMILES string of the molecule is CC1C=C(c2cnc3c(C#N)nn([C@H](C)c4ccc(Cl)cc4Cl)c3n2)CCC12OCCO2.CC1CC(c2cnc3c(C#N)nn([C@H](C)c4ccc(Cl)cc4Cl)c3n2)=CCC12OCCO2.C[C@H](c1ccc(Cl)cc1Cl)n1nc(C#N)c2ncc(Cl)nc21. The number of aromatic nitrogens is 12. The average molecular weight is 1290 g/mol. The summed E-state index contributed by atoms with van der Waals surface area (Å²) in [6, 6.07) is 21.3. The monoisotopic (exact) mass is 1290 g/mol. The van der Waals surface area contributed by atoms with Crippen LogP contribution in [-0.2, 0) is 18.9 Å². The van der Waals surface area contributed by atoms with Crippen molar-refractivity contribution < 1.29 is 18.9 Å². The van der Waals surface area contributed by atoms with Crippen LogP contribution in [0.5, 0.6) is 0 Å². The minimum atomic E-state index is -0.531. The van der Waals surface area contributed by atoms with Crippen LogP contribution >= 0.6 is 81.2 Å². The molecule has 8 heterocycles. The Morgan fingerprint density at radius 3 is 1.33 bits per heavy atom. The van der Waals surface area contributed by atoms with Crippen molar-refractivity contribution in [3.05, 3.63) is 166 Å². The predicted octanol–water partition coefficient (Wildman–Crippen LogP) is 14.6. The summed E-state index contributed by atoms with van der Waals surface area (Å²) in [5, 5.41) is 45.1.